The van der Waals surface area contributed by atoms with Crippen LogP contribution in [0.25, 0.3) is 4.96 Å². The fraction of sp³-hybridized carbons (Fsp3) is 0.250. The molecule has 1 amide bonds. The number of benzene rings is 2. The fourth-order valence-corrected chi connectivity index (χ4v) is 4.52. The molecule has 2 heterocycles. The summed E-state index contributed by atoms with van der Waals surface area (Å²) in [7, 11) is 0. The zero-order valence-electron chi connectivity index (χ0n) is 17.9. The molecular weight excluding hydrogens is 424 g/mol. The standard InChI is InChI=1S/C24H24N4O3S/c1-3-16(4-2)23-27-28-21(29)14-19(26-24(28)32-23)15-31-20-12-10-18(11-13-20)25-22(30)17-8-6-5-7-9-17/h5-14,16H,3-4,15H2,1-2H3,(H,25,30). The molecule has 0 saturated carbocycles. The number of hydrogen-bond acceptors (Lipinski definition) is 6. The molecule has 164 valence electrons. The predicted molar refractivity (Wildman–Crippen MR) is 126 cm³/mol. The normalized spacial score (nSPS) is 11.1. The van der Waals surface area contributed by atoms with Crippen molar-refractivity contribution >= 4 is 27.9 Å². The highest BCUT2D eigenvalue weighted by Crippen LogP contribution is 2.26. The first-order valence-corrected chi connectivity index (χ1v) is 11.4. The summed E-state index contributed by atoms with van der Waals surface area (Å²) in [4.78, 5) is 29.8. The number of anilines is 1. The van der Waals surface area contributed by atoms with Crippen molar-refractivity contribution in [2.24, 2.45) is 0 Å². The van der Waals surface area contributed by atoms with Gasteiger partial charge in [0.1, 0.15) is 17.4 Å². The quantitative estimate of drug-likeness (QED) is 0.415. The molecule has 2 aromatic heterocycles. The summed E-state index contributed by atoms with van der Waals surface area (Å²) < 4.78 is 7.17. The third-order valence-electron chi connectivity index (χ3n) is 5.18. The molecule has 32 heavy (non-hydrogen) atoms. The van der Waals surface area contributed by atoms with E-state index in [2.05, 4.69) is 29.2 Å². The average Bonchev–Trinajstić information content (AvgIpc) is 3.24. The van der Waals surface area contributed by atoms with Crippen LogP contribution in [0.3, 0.4) is 0 Å². The second-order valence-electron chi connectivity index (χ2n) is 7.37. The van der Waals surface area contributed by atoms with Crippen molar-refractivity contribution < 1.29 is 9.53 Å². The fourth-order valence-electron chi connectivity index (χ4n) is 3.33. The highest BCUT2D eigenvalue weighted by molar-refractivity contribution is 7.16. The zero-order valence-corrected chi connectivity index (χ0v) is 18.8. The van der Waals surface area contributed by atoms with Gasteiger partial charge in [-0.05, 0) is 49.2 Å². The monoisotopic (exact) mass is 448 g/mol. The summed E-state index contributed by atoms with van der Waals surface area (Å²) in [6.07, 6.45) is 1.95. The summed E-state index contributed by atoms with van der Waals surface area (Å²) in [6, 6.07) is 17.6. The first-order valence-electron chi connectivity index (χ1n) is 10.6. The molecule has 8 heteroatoms. The number of nitrogens with one attached hydrogen (secondary N) is 1. The molecule has 0 radical (unpaired) electrons. The minimum absolute atomic E-state index is 0.166. The summed E-state index contributed by atoms with van der Waals surface area (Å²) in [5.41, 5.74) is 1.61. The van der Waals surface area contributed by atoms with Gasteiger partial charge in [0.2, 0.25) is 4.96 Å². The molecule has 0 fully saturated rings. The van der Waals surface area contributed by atoms with Gasteiger partial charge in [0.05, 0.1) is 5.69 Å². The first-order chi connectivity index (χ1) is 15.6. The number of nitrogens with zero attached hydrogens (tertiary/aromatic N) is 3. The first kappa shape index (κ1) is 21.7. The molecular formula is C24H24N4O3S. The zero-order chi connectivity index (χ0) is 22.5. The lowest BCUT2D eigenvalue weighted by molar-refractivity contribution is 0.102. The Kier molecular flexibility index (Phi) is 6.61. The number of carbonyl (C=O) groups excluding carboxylic acids is 1. The molecule has 4 rings (SSSR count). The molecule has 0 atom stereocenters. The highest BCUT2D eigenvalue weighted by atomic mass is 32.1. The molecule has 0 aliphatic heterocycles. The van der Waals surface area contributed by atoms with Crippen molar-refractivity contribution in [3.8, 4) is 5.75 Å². The van der Waals surface area contributed by atoms with Crippen molar-refractivity contribution in [2.75, 3.05) is 5.32 Å². The van der Waals surface area contributed by atoms with Crippen LogP contribution in [0.5, 0.6) is 5.75 Å². The molecule has 0 unspecified atom stereocenters. The van der Waals surface area contributed by atoms with Gasteiger partial charge in [-0.1, -0.05) is 43.4 Å². The van der Waals surface area contributed by atoms with Gasteiger partial charge in [-0.15, -0.1) is 0 Å². The van der Waals surface area contributed by atoms with E-state index in [9.17, 15) is 9.59 Å². The Labute approximate surface area is 189 Å². The molecule has 0 aliphatic rings. The van der Waals surface area contributed by atoms with Crippen LogP contribution in [0.4, 0.5) is 5.69 Å². The van der Waals surface area contributed by atoms with Gasteiger partial charge in [-0.25, -0.2) is 4.98 Å². The summed E-state index contributed by atoms with van der Waals surface area (Å²) in [5.74, 6) is 0.781. The van der Waals surface area contributed by atoms with Crippen LogP contribution in [-0.4, -0.2) is 20.5 Å². The van der Waals surface area contributed by atoms with Gasteiger partial charge in [0.15, 0.2) is 0 Å². The lowest BCUT2D eigenvalue weighted by atomic mass is 10.1. The third kappa shape index (κ3) is 4.86. The lowest BCUT2D eigenvalue weighted by Gasteiger charge is -2.08. The van der Waals surface area contributed by atoms with Gasteiger partial charge in [-0.2, -0.15) is 9.61 Å². The Bertz CT molecular complexity index is 1260. The lowest BCUT2D eigenvalue weighted by Crippen LogP contribution is -2.16. The highest BCUT2D eigenvalue weighted by Gasteiger charge is 2.15. The van der Waals surface area contributed by atoms with Gasteiger partial charge < -0.3 is 10.1 Å². The van der Waals surface area contributed by atoms with E-state index in [-0.39, 0.29) is 18.1 Å². The SMILES string of the molecule is CCC(CC)c1nn2c(=O)cc(COc3ccc(NC(=O)c4ccccc4)cc3)nc2s1. The van der Waals surface area contributed by atoms with Crippen LogP contribution in [0.1, 0.15) is 53.7 Å². The van der Waals surface area contributed by atoms with Crippen molar-refractivity contribution in [3.63, 3.8) is 0 Å². The molecule has 0 saturated heterocycles. The van der Waals surface area contributed by atoms with Gasteiger partial charge >= 0.3 is 0 Å². The Balaban J connectivity index is 1.42. The Morgan fingerprint density at radius 1 is 1.09 bits per heavy atom. The van der Waals surface area contributed by atoms with E-state index in [1.54, 1.807) is 36.4 Å². The maximum Gasteiger partial charge on any atom is 0.275 e. The van der Waals surface area contributed by atoms with Crippen molar-refractivity contribution in [1.82, 2.24) is 14.6 Å². The number of rotatable bonds is 8. The Hall–Kier alpha value is -3.52. The maximum absolute atomic E-state index is 12.5. The van der Waals surface area contributed by atoms with Crippen LogP contribution in [0, 0.1) is 0 Å². The van der Waals surface area contributed by atoms with E-state index in [0.717, 1.165) is 17.8 Å². The van der Waals surface area contributed by atoms with E-state index in [1.165, 1.54) is 21.9 Å². The number of ether oxygens (including phenoxy) is 1. The van der Waals surface area contributed by atoms with Gasteiger partial charge in [0.25, 0.3) is 11.5 Å². The van der Waals surface area contributed by atoms with E-state index in [1.807, 2.05) is 18.2 Å². The van der Waals surface area contributed by atoms with Crippen LogP contribution in [-0.2, 0) is 6.61 Å². The summed E-state index contributed by atoms with van der Waals surface area (Å²) in [6.45, 7) is 4.40. The number of fused-ring (bicyclic) bond motifs is 1. The Morgan fingerprint density at radius 3 is 2.50 bits per heavy atom. The summed E-state index contributed by atoms with van der Waals surface area (Å²) >= 11 is 1.46. The predicted octanol–water partition coefficient (Wildman–Crippen LogP) is 4.89. The Morgan fingerprint density at radius 2 is 1.81 bits per heavy atom. The molecule has 0 bridgehead atoms. The smallest absolute Gasteiger partial charge is 0.275 e. The third-order valence-corrected chi connectivity index (χ3v) is 6.25. The largest absolute Gasteiger partial charge is 0.487 e. The van der Waals surface area contributed by atoms with Crippen LogP contribution >= 0.6 is 11.3 Å². The molecule has 2 aromatic carbocycles. The topological polar surface area (TPSA) is 85.6 Å². The second kappa shape index (κ2) is 9.74. The van der Waals surface area contributed by atoms with Crippen LogP contribution in [0.2, 0.25) is 0 Å². The van der Waals surface area contributed by atoms with E-state index in [4.69, 9.17) is 4.74 Å². The van der Waals surface area contributed by atoms with Gasteiger partial charge in [0, 0.05) is 23.2 Å². The van der Waals surface area contributed by atoms with E-state index < -0.39 is 0 Å². The van der Waals surface area contributed by atoms with Crippen molar-refractivity contribution in [1.29, 1.82) is 0 Å². The maximum atomic E-state index is 12.5. The minimum atomic E-state index is -0.207. The number of carbonyl (C=O) groups is 1. The van der Waals surface area contributed by atoms with E-state index >= 15 is 0 Å². The minimum Gasteiger partial charge on any atom is -0.487 e. The molecule has 0 aliphatic carbocycles. The molecule has 0 spiro atoms. The van der Waals surface area contributed by atoms with Crippen LogP contribution < -0.4 is 15.6 Å². The molecule has 7 nitrogen and oxygen atoms in total. The average molecular weight is 449 g/mol. The van der Waals surface area contributed by atoms with Crippen molar-refractivity contribution in [3.05, 3.63) is 87.3 Å². The molecule has 4 aromatic rings. The van der Waals surface area contributed by atoms with Crippen molar-refractivity contribution in [2.45, 2.75) is 39.2 Å². The molecule has 1 N–H and O–H groups in total. The number of amides is 1. The summed E-state index contributed by atoms with van der Waals surface area (Å²) in [5, 5.41) is 8.24. The number of aromatic nitrogens is 3. The van der Waals surface area contributed by atoms with E-state index in [0.29, 0.717) is 33.6 Å². The second-order valence-corrected chi connectivity index (χ2v) is 8.35. The number of hydrogen-bond donors (Lipinski definition) is 1. The van der Waals surface area contributed by atoms with Gasteiger partial charge in [-0.3, -0.25) is 9.59 Å². The van der Waals surface area contributed by atoms with Crippen LogP contribution in [0.15, 0.2) is 65.5 Å².